The van der Waals surface area contributed by atoms with E-state index >= 15 is 0 Å². The molecule has 1 unspecified atom stereocenters. The summed E-state index contributed by atoms with van der Waals surface area (Å²) in [5, 5.41) is 3.74. The summed E-state index contributed by atoms with van der Waals surface area (Å²) in [5.74, 6) is 0.639. The van der Waals surface area contributed by atoms with Gasteiger partial charge in [-0.15, -0.1) is 0 Å². The number of halogens is 1. The minimum absolute atomic E-state index is 0.0698. The van der Waals surface area contributed by atoms with E-state index in [-0.39, 0.29) is 16.8 Å². The Hall–Kier alpha value is -0.620. The van der Waals surface area contributed by atoms with Crippen molar-refractivity contribution in [3.05, 3.63) is 28.8 Å². The van der Waals surface area contributed by atoms with Crippen molar-refractivity contribution in [2.75, 3.05) is 19.4 Å². The predicted octanol–water partition coefficient (Wildman–Crippen LogP) is 3.28. The van der Waals surface area contributed by atoms with Gasteiger partial charge < -0.3 is 10.1 Å². The zero-order valence-corrected chi connectivity index (χ0v) is 15.3. The molecule has 0 saturated heterocycles. The van der Waals surface area contributed by atoms with Crippen LogP contribution in [0.2, 0.25) is 5.02 Å². The summed E-state index contributed by atoms with van der Waals surface area (Å²) < 4.78 is 29.3. The summed E-state index contributed by atoms with van der Waals surface area (Å²) >= 11 is 6.03. The van der Waals surface area contributed by atoms with Crippen LogP contribution in [-0.4, -0.2) is 33.9 Å². The van der Waals surface area contributed by atoms with E-state index in [9.17, 15) is 8.42 Å². The van der Waals surface area contributed by atoms with Crippen LogP contribution in [0.1, 0.15) is 32.8 Å². The Morgan fingerprint density at radius 3 is 2.50 bits per heavy atom. The Morgan fingerprint density at radius 1 is 1.27 bits per heavy atom. The maximum atomic E-state index is 12.0. The number of benzene rings is 1. The van der Waals surface area contributed by atoms with Crippen molar-refractivity contribution < 1.29 is 13.2 Å². The molecule has 22 heavy (non-hydrogen) atoms. The van der Waals surface area contributed by atoms with E-state index in [1.807, 2.05) is 0 Å². The Labute approximate surface area is 139 Å². The SMILES string of the molecule is CCS(=O)(=O)c1cc(Cl)cc(CNCC(CC(C)C)OC)c1. The lowest BCUT2D eigenvalue weighted by molar-refractivity contribution is 0.0836. The van der Waals surface area contributed by atoms with Gasteiger partial charge in [-0.05, 0) is 36.1 Å². The lowest BCUT2D eigenvalue weighted by Crippen LogP contribution is -2.29. The number of rotatable bonds is 9. The Morgan fingerprint density at radius 2 is 1.95 bits per heavy atom. The molecule has 1 atom stereocenters. The van der Waals surface area contributed by atoms with Crippen LogP contribution in [0.3, 0.4) is 0 Å². The molecule has 0 spiro atoms. The van der Waals surface area contributed by atoms with Gasteiger partial charge >= 0.3 is 0 Å². The van der Waals surface area contributed by atoms with E-state index in [1.54, 1.807) is 26.2 Å². The highest BCUT2D eigenvalue weighted by atomic mass is 35.5. The molecule has 6 heteroatoms. The van der Waals surface area contributed by atoms with Crippen LogP contribution in [0, 0.1) is 5.92 Å². The van der Waals surface area contributed by atoms with Gasteiger partial charge in [0.25, 0.3) is 0 Å². The summed E-state index contributed by atoms with van der Waals surface area (Å²) in [6.45, 7) is 7.22. The molecule has 0 fully saturated rings. The lowest BCUT2D eigenvalue weighted by atomic mass is 10.1. The van der Waals surface area contributed by atoms with Gasteiger partial charge in [-0.3, -0.25) is 0 Å². The molecule has 4 nitrogen and oxygen atoms in total. The van der Waals surface area contributed by atoms with Gasteiger partial charge in [-0.1, -0.05) is 32.4 Å². The molecule has 1 aromatic carbocycles. The zero-order chi connectivity index (χ0) is 16.8. The van der Waals surface area contributed by atoms with Crippen LogP contribution in [0.15, 0.2) is 23.1 Å². The maximum Gasteiger partial charge on any atom is 0.178 e. The molecule has 1 aromatic rings. The summed E-state index contributed by atoms with van der Waals surface area (Å²) in [5.41, 5.74) is 0.860. The third kappa shape index (κ3) is 6.24. The van der Waals surface area contributed by atoms with E-state index in [0.717, 1.165) is 18.5 Å². The Balaban J connectivity index is 2.70. The molecule has 0 bridgehead atoms. The van der Waals surface area contributed by atoms with E-state index < -0.39 is 9.84 Å². The second-order valence-corrected chi connectivity index (χ2v) is 8.53. The highest BCUT2D eigenvalue weighted by molar-refractivity contribution is 7.91. The van der Waals surface area contributed by atoms with Crippen molar-refractivity contribution in [2.45, 2.75) is 44.7 Å². The van der Waals surface area contributed by atoms with Gasteiger partial charge in [0.05, 0.1) is 16.8 Å². The molecular weight excluding hydrogens is 322 g/mol. The molecule has 0 saturated carbocycles. The second kappa shape index (κ2) is 8.87. The minimum atomic E-state index is -3.24. The minimum Gasteiger partial charge on any atom is -0.380 e. The lowest BCUT2D eigenvalue weighted by Gasteiger charge is -2.18. The third-order valence-corrected chi connectivity index (χ3v) is 5.37. The van der Waals surface area contributed by atoms with Crippen LogP contribution >= 0.6 is 11.6 Å². The zero-order valence-electron chi connectivity index (χ0n) is 13.7. The number of ether oxygens (including phenoxy) is 1. The van der Waals surface area contributed by atoms with Gasteiger partial charge in [0, 0.05) is 25.2 Å². The van der Waals surface area contributed by atoms with Gasteiger partial charge in [0.2, 0.25) is 0 Å². The van der Waals surface area contributed by atoms with Crippen LogP contribution in [0.4, 0.5) is 0 Å². The van der Waals surface area contributed by atoms with Gasteiger partial charge in [0.15, 0.2) is 9.84 Å². The molecule has 0 radical (unpaired) electrons. The van der Waals surface area contributed by atoms with Crippen molar-refractivity contribution in [3.63, 3.8) is 0 Å². The average Bonchev–Trinajstić information content (AvgIpc) is 2.45. The average molecular weight is 348 g/mol. The van der Waals surface area contributed by atoms with Gasteiger partial charge in [0.1, 0.15) is 0 Å². The van der Waals surface area contributed by atoms with Crippen LogP contribution in [0.25, 0.3) is 0 Å². The molecular formula is C16H26ClNO3S. The molecule has 0 aliphatic heterocycles. The standard InChI is InChI=1S/C16H26ClNO3S/c1-5-22(19,20)16-8-13(7-14(17)9-16)10-18-11-15(21-4)6-12(2)3/h7-9,12,15,18H,5-6,10-11H2,1-4H3. The molecule has 0 aliphatic rings. The molecule has 1 rings (SSSR count). The largest absolute Gasteiger partial charge is 0.380 e. The van der Waals surface area contributed by atoms with E-state index in [2.05, 4.69) is 19.2 Å². The van der Waals surface area contributed by atoms with E-state index in [4.69, 9.17) is 16.3 Å². The first-order chi connectivity index (χ1) is 10.3. The van der Waals surface area contributed by atoms with E-state index in [0.29, 0.717) is 17.5 Å². The number of methoxy groups -OCH3 is 1. The third-order valence-electron chi connectivity index (χ3n) is 3.44. The molecule has 0 aliphatic carbocycles. The fourth-order valence-corrected chi connectivity index (χ4v) is 3.53. The molecule has 0 heterocycles. The first-order valence-electron chi connectivity index (χ1n) is 7.54. The number of nitrogens with one attached hydrogen (secondary N) is 1. The smallest absolute Gasteiger partial charge is 0.178 e. The number of hydrogen-bond acceptors (Lipinski definition) is 4. The maximum absolute atomic E-state index is 12.0. The van der Waals surface area contributed by atoms with Crippen LogP contribution in [0.5, 0.6) is 0 Å². The Bertz CT molecular complexity index is 573. The molecule has 0 aromatic heterocycles. The van der Waals surface area contributed by atoms with Gasteiger partial charge in [-0.2, -0.15) is 0 Å². The van der Waals surface area contributed by atoms with Crippen molar-refractivity contribution >= 4 is 21.4 Å². The van der Waals surface area contributed by atoms with Crippen molar-refractivity contribution in [2.24, 2.45) is 5.92 Å². The van der Waals surface area contributed by atoms with Crippen LogP contribution in [-0.2, 0) is 21.1 Å². The predicted molar refractivity (Wildman–Crippen MR) is 91.1 cm³/mol. The Kier molecular flexibility index (Phi) is 7.83. The first kappa shape index (κ1) is 19.4. The second-order valence-electron chi connectivity index (χ2n) is 5.82. The quantitative estimate of drug-likeness (QED) is 0.744. The fraction of sp³-hybridized carbons (Fsp3) is 0.625. The molecule has 1 N–H and O–H groups in total. The monoisotopic (exact) mass is 347 g/mol. The molecule has 126 valence electrons. The normalized spacial score (nSPS) is 13.5. The summed E-state index contributed by atoms with van der Waals surface area (Å²) in [6, 6.07) is 4.97. The van der Waals surface area contributed by atoms with Gasteiger partial charge in [-0.25, -0.2) is 8.42 Å². The van der Waals surface area contributed by atoms with Crippen molar-refractivity contribution in [1.82, 2.24) is 5.32 Å². The number of hydrogen-bond donors (Lipinski definition) is 1. The topological polar surface area (TPSA) is 55.4 Å². The van der Waals surface area contributed by atoms with Crippen molar-refractivity contribution in [3.8, 4) is 0 Å². The van der Waals surface area contributed by atoms with Crippen LogP contribution < -0.4 is 5.32 Å². The van der Waals surface area contributed by atoms with E-state index in [1.165, 1.54) is 6.07 Å². The number of sulfone groups is 1. The highest BCUT2D eigenvalue weighted by Gasteiger charge is 2.14. The fourth-order valence-electron chi connectivity index (χ4n) is 2.24. The highest BCUT2D eigenvalue weighted by Crippen LogP contribution is 2.20. The van der Waals surface area contributed by atoms with Crippen molar-refractivity contribution in [1.29, 1.82) is 0 Å². The summed E-state index contributed by atoms with van der Waals surface area (Å²) in [6.07, 6.45) is 1.13. The first-order valence-corrected chi connectivity index (χ1v) is 9.57. The summed E-state index contributed by atoms with van der Waals surface area (Å²) in [4.78, 5) is 0.282. The molecule has 0 amide bonds. The summed E-state index contributed by atoms with van der Waals surface area (Å²) in [7, 11) is -1.53.